The molecule has 0 saturated carbocycles. The van der Waals surface area contributed by atoms with Crippen LogP contribution in [-0.2, 0) is 0 Å². The summed E-state index contributed by atoms with van der Waals surface area (Å²) in [4.78, 5) is 15.4. The summed E-state index contributed by atoms with van der Waals surface area (Å²) in [6.45, 7) is 1.98. The number of aromatic amines is 1. The van der Waals surface area contributed by atoms with Gasteiger partial charge in [0.1, 0.15) is 5.82 Å². The van der Waals surface area contributed by atoms with Gasteiger partial charge in [0.15, 0.2) is 0 Å². The third-order valence-corrected chi connectivity index (χ3v) is 3.85. The van der Waals surface area contributed by atoms with Crippen molar-refractivity contribution in [1.82, 2.24) is 4.98 Å². The Bertz CT molecular complexity index is 841. The quantitative estimate of drug-likeness (QED) is 0.698. The van der Waals surface area contributed by atoms with Crippen molar-refractivity contribution < 1.29 is 9.18 Å². The number of hydrogen-bond donors (Lipinski definition) is 2. The molecule has 21 heavy (non-hydrogen) atoms. The third-order valence-electron chi connectivity index (χ3n) is 3.19. The van der Waals surface area contributed by atoms with Gasteiger partial charge in [0.2, 0.25) is 0 Å². The van der Waals surface area contributed by atoms with Gasteiger partial charge < -0.3 is 10.3 Å². The maximum Gasteiger partial charge on any atom is 0.256 e. The molecule has 2 aromatic carbocycles. The Morgan fingerprint density at radius 3 is 2.76 bits per heavy atom. The number of hydrogen-bond acceptors (Lipinski definition) is 1. The highest BCUT2D eigenvalue weighted by molar-refractivity contribution is 9.10. The van der Waals surface area contributed by atoms with E-state index in [-0.39, 0.29) is 11.7 Å². The number of carbonyl (C=O) groups is 1. The first-order valence-electron chi connectivity index (χ1n) is 6.39. The summed E-state index contributed by atoms with van der Waals surface area (Å²) in [5, 5.41) is 3.85. The maximum atomic E-state index is 13.0. The van der Waals surface area contributed by atoms with Crippen LogP contribution >= 0.6 is 15.9 Å². The summed E-state index contributed by atoms with van der Waals surface area (Å²) in [5.74, 6) is -0.670. The van der Waals surface area contributed by atoms with E-state index in [9.17, 15) is 9.18 Å². The molecule has 0 fully saturated rings. The first-order valence-corrected chi connectivity index (χ1v) is 7.18. The highest BCUT2D eigenvalue weighted by atomic mass is 79.9. The number of nitrogens with one attached hydrogen (secondary N) is 2. The number of H-pyrrole nitrogens is 1. The van der Waals surface area contributed by atoms with E-state index >= 15 is 0 Å². The number of halogens is 2. The van der Waals surface area contributed by atoms with Crippen LogP contribution in [0.25, 0.3) is 10.9 Å². The van der Waals surface area contributed by atoms with Gasteiger partial charge in [-0.3, -0.25) is 4.79 Å². The highest BCUT2D eigenvalue weighted by Gasteiger charge is 2.11. The van der Waals surface area contributed by atoms with Crippen molar-refractivity contribution in [2.24, 2.45) is 0 Å². The van der Waals surface area contributed by atoms with E-state index in [1.807, 2.05) is 31.2 Å². The average Bonchev–Trinajstić information content (AvgIpc) is 2.77. The second-order valence-electron chi connectivity index (χ2n) is 4.83. The fraction of sp³-hybridized carbons (Fsp3) is 0.0625. The summed E-state index contributed by atoms with van der Waals surface area (Å²) in [5.41, 5.74) is 3.17. The summed E-state index contributed by atoms with van der Waals surface area (Å²) >= 11 is 3.20. The van der Waals surface area contributed by atoms with E-state index in [0.717, 1.165) is 16.6 Å². The Labute approximate surface area is 129 Å². The van der Waals surface area contributed by atoms with Gasteiger partial charge in [0.05, 0.1) is 5.56 Å². The van der Waals surface area contributed by atoms with Gasteiger partial charge in [-0.15, -0.1) is 0 Å². The number of fused-ring (bicyclic) bond motifs is 1. The number of amides is 1. The maximum absolute atomic E-state index is 13.0. The van der Waals surface area contributed by atoms with Gasteiger partial charge >= 0.3 is 0 Å². The SMILES string of the molecule is Cc1cc2cc(NC(=O)c3ccc(F)cc3Br)ccc2[nH]1. The Morgan fingerprint density at radius 1 is 1.19 bits per heavy atom. The summed E-state index contributed by atoms with van der Waals surface area (Å²) in [6.07, 6.45) is 0. The number of anilines is 1. The molecule has 0 bridgehead atoms. The lowest BCUT2D eigenvalue weighted by Gasteiger charge is -2.07. The second kappa shape index (κ2) is 5.33. The van der Waals surface area contributed by atoms with Crippen molar-refractivity contribution in [3.05, 3.63) is 64.0 Å². The minimum Gasteiger partial charge on any atom is -0.359 e. The molecule has 1 aromatic heterocycles. The number of carbonyl (C=O) groups excluding carboxylic acids is 1. The summed E-state index contributed by atoms with van der Waals surface area (Å²) in [7, 11) is 0. The smallest absolute Gasteiger partial charge is 0.256 e. The van der Waals surface area contributed by atoms with Gasteiger partial charge in [-0.1, -0.05) is 0 Å². The van der Waals surface area contributed by atoms with Crippen LogP contribution in [-0.4, -0.2) is 10.9 Å². The van der Waals surface area contributed by atoms with Gasteiger partial charge in [-0.25, -0.2) is 4.39 Å². The zero-order chi connectivity index (χ0) is 15.0. The van der Waals surface area contributed by atoms with Crippen molar-refractivity contribution in [3.63, 3.8) is 0 Å². The van der Waals surface area contributed by atoms with Crippen LogP contribution in [0.2, 0.25) is 0 Å². The molecule has 3 rings (SSSR count). The molecular weight excluding hydrogens is 335 g/mol. The largest absolute Gasteiger partial charge is 0.359 e. The molecule has 5 heteroatoms. The molecule has 0 atom stereocenters. The molecule has 0 aliphatic rings. The average molecular weight is 347 g/mol. The molecule has 0 aliphatic carbocycles. The number of aromatic nitrogens is 1. The van der Waals surface area contributed by atoms with E-state index in [4.69, 9.17) is 0 Å². The van der Waals surface area contributed by atoms with Crippen molar-refractivity contribution >= 4 is 38.4 Å². The fourth-order valence-electron chi connectivity index (χ4n) is 2.23. The lowest BCUT2D eigenvalue weighted by atomic mass is 10.2. The topological polar surface area (TPSA) is 44.9 Å². The number of aryl methyl sites for hydroxylation is 1. The Kier molecular flexibility index (Phi) is 3.51. The van der Waals surface area contributed by atoms with Crippen molar-refractivity contribution in [3.8, 4) is 0 Å². The summed E-state index contributed by atoms with van der Waals surface area (Å²) < 4.78 is 13.5. The monoisotopic (exact) mass is 346 g/mol. The van der Waals surface area contributed by atoms with Gasteiger partial charge in [0.25, 0.3) is 5.91 Å². The van der Waals surface area contributed by atoms with Crippen molar-refractivity contribution in [2.75, 3.05) is 5.32 Å². The van der Waals surface area contributed by atoms with Crippen molar-refractivity contribution in [1.29, 1.82) is 0 Å². The molecule has 106 valence electrons. The molecule has 3 aromatic rings. The molecule has 0 unspecified atom stereocenters. The molecule has 0 aliphatic heterocycles. The molecule has 1 amide bonds. The summed E-state index contributed by atoms with van der Waals surface area (Å²) in [6, 6.07) is 11.6. The number of benzene rings is 2. The predicted octanol–water partition coefficient (Wildman–Crippen LogP) is 4.63. The minimum absolute atomic E-state index is 0.284. The van der Waals surface area contributed by atoms with Crippen LogP contribution in [0.1, 0.15) is 16.1 Å². The Balaban J connectivity index is 1.88. The predicted molar refractivity (Wildman–Crippen MR) is 85.1 cm³/mol. The molecular formula is C16H12BrFN2O. The van der Waals surface area contributed by atoms with Crippen LogP contribution in [0.4, 0.5) is 10.1 Å². The van der Waals surface area contributed by atoms with Crippen LogP contribution in [0.3, 0.4) is 0 Å². The zero-order valence-electron chi connectivity index (χ0n) is 11.2. The van der Waals surface area contributed by atoms with E-state index in [0.29, 0.717) is 15.7 Å². The van der Waals surface area contributed by atoms with Gasteiger partial charge in [-0.2, -0.15) is 0 Å². The lowest BCUT2D eigenvalue weighted by molar-refractivity contribution is 0.102. The van der Waals surface area contributed by atoms with E-state index in [1.165, 1.54) is 18.2 Å². The normalized spacial score (nSPS) is 10.8. The Hall–Kier alpha value is -2.14. The van der Waals surface area contributed by atoms with Crippen LogP contribution < -0.4 is 5.32 Å². The molecule has 3 nitrogen and oxygen atoms in total. The van der Waals surface area contributed by atoms with Gasteiger partial charge in [0, 0.05) is 26.8 Å². The first kappa shape index (κ1) is 13.8. The molecule has 1 heterocycles. The molecule has 0 spiro atoms. The zero-order valence-corrected chi connectivity index (χ0v) is 12.8. The minimum atomic E-state index is -0.386. The van der Waals surface area contributed by atoms with Gasteiger partial charge in [-0.05, 0) is 65.3 Å². The van der Waals surface area contributed by atoms with Crippen LogP contribution in [0.15, 0.2) is 46.9 Å². The molecule has 0 saturated heterocycles. The lowest BCUT2D eigenvalue weighted by Crippen LogP contribution is -2.12. The Morgan fingerprint density at radius 2 is 2.00 bits per heavy atom. The van der Waals surface area contributed by atoms with Crippen molar-refractivity contribution in [2.45, 2.75) is 6.92 Å². The molecule has 0 radical (unpaired) electrons. The van der Waals surface area contributed by atoms with E-state index < -0.39 is 0 Å². The molecule has 2 N–H and O–H groups in total. The van der Waals surface area contributed by atoms with E-state index in [1.54, 1.807) is 0 Å². The highest BCUT2D eigenvalue weighted by Crippen LogP contribution is 2.22. The van der Waals surface area contributed by atoms with Crippen LogP contribution in [0.5, 0.6) is 0 Å². The van der Waals surface area contributed by atoms with E-state index in [2.05, 4.69) is 26.2 Å². The van der Waals surface area contributed by atoms with Crippen LogP contribution in [0, 0.1) is 12.7 Å². The standard InChI is InChI=1S/C16H12BrFN2O/c1-9-6-10-7-12(3-5-15(10)19-9)20-16(21)13-4-2-11(18)8-14(13)17/h2-8,19H,1H3,(H,20,21). The number of rotatable bonds is 2. The second-order valence-corrected chi connectivity index (χ2v) is 5.69. The third kappa shape index (κ3) is 2.83. The fourth-order valence-corrected chi connectivity index (χ4v) is 2.76. The first-order chi connectivity index (χ1) is 10.0.